The quantitative estimate of drug-likeness (QED) is 0.550. The molecule has 3 heteroatoms. The average molecular weight is 165 g/mol. The van der Waals surface area contributed by atoms with Gasteiger partial charge in [0.05, 0.1) is 5.70 Å². The number of carbonyl (C=O) groups is 1. The SMILES string of the molecule is CC1C(=O)N(O)C2=CC=CCC21. The van der Waals surface area contributed by atoms with Crippen LogP contribution >= 0.6 is 0 Å². The smallest absolute Gasteiger partial charge is 0.253 e. The van der Waals surface area contributed by atoms with Gasteiger partial charge in [-0.1, -0.05) is 19.1 Å². The molecule has 1 saturated heterocycles. The van der Waals surface area contributed by atoms with Gasteiger partial charge < -0.3 is 0 Å². The molecular formula is C9H11NO2. The van der Waals surface area contributed by atoms with Crippen molar-refractivity contribution in [3.05, 3.63) is 23.9 Å². The Morgan fingerprint density at radius 1 is 1.67 bits per heavy atom. The van der Waals surface area contributed by atoms with Gasteiger partial charge in [-0.15, -0.1) is 0 Å². The minimum absolute atomic E-state index is 0.0776. The summed E-state index contributed by atoms with van der Waals surface area (Å²) in [7, 11) is 0. The van der Waals surface area contributed by atoms with E-state index in [4.69, 9.17) is 0 Å². The van der Waals surface area contributed by atoms with E-state index in [9.17, 15) is 10.0 Å². The Hall–Kier alpha value is -1.09. The summed E-state index contributed by atoms with van der Waals surface area (Å²) in [5.74, 6) is -0.0753. The average Bonchev–Trinajstić information content (AvgIpc) is 2.33. The van der Waals surface area contributed by atoms with Crippen LogP contribution in [0.4, 0.5) is 0 Å². The van der Waals surface area contributed by atoms with E-state index in [2.05, 4.69) is 0 Å². The fourth-order valence-corrected chi connectivity index (χ4v) is 1.82. The highest BCUT2D eigenvalue weighted by atomic mass is 16.5. The van der Waals surface area contributed by atoms with Gasteiger partial charge in [-0.05, 0) is 12.5 Å². The molecule has 1 amide bonds. The first-order chi connectivity index (χ1) is 5.72. The summed E-state index contributed by atoms with van der Waals surface area (Å²) in [6.07, 6.45) is 6.56. The second kappa shape index (κ2) is 2.45. The third kappa shape index (κ3) is 0.830. The summed E-state index contributed by atoms with van der Waals surface area (Å²) in [4.78, 5) is 11.3. The van der Waals surface area contributed by atoms with E-state index in [1.807, 2.05) is 19.1 Å². The fraction of sp³-hybridized carbons (Fsp3) is 0.444. The highest BCUT2D eigenvalue weighted by Crippen LogP contribution is 2.37. The molecule has 1 aliphatic heterocycles. The number of rotatable bonds is 0. The number of hydrogen-bond donors (Lipinski definition) is 1. The minimum atomic E-state index is -0.185. The highest BCUT2D eigenvalue weighted by molar-refractivity contribution is 5.83. The van der Waals surface area contributed by atoms with Crippen LogP contribution in [-0.2, 0) is 4.79 Å². The molecule has 0 aromatic carbocycles. The van der Waals surface area contributed by atoms with Gasteiger partial charge in [-0.2, -0.15) is 5.06 Å². The third-order valence-corrected chi connectivity index (χ3v) is 2.62. The van der Waals surface area contributed by atoms with Gasteiger partial charge in [-0.3, -0.25) is 10.0 Å². The van der Waals surface area contributed by atoms with Gasteiger partial charge in [-0.25, -0.2) is 0 Å². The van der Waals surface area contributed by atoms with Crippen molar-refractivity contribution in [1.82, 2.24) is 5.06 Å². The maximum absolute atomic E-state index is 11.3. The number of allylic oxidation sites excluding steroid dienone is 4. The van der Waals surface area contributed by atoms with E-state index in [1.165, 1.54) is 0 Å². The van der Waals surface area contributed by atoms with E-state index < -0.39 is 0 Å². The number of hydroxylamine groups is 2. The van der Waals surface area contributed by atoms with Crippen LogP contribution in [0.5, 0.6) is 0 Å². The Morgan fingerprint density at radius 2 is 2.42 bits per heavy atom. The molecule has 0 saturated carbocycles. The molecule has 64 valence electrons. The van der Waals surface area contributed by atoms with Crippen LogP contribution in [0, 0.1) is 11.8 Å². The van der Waals surface area contributed by atoms with Gasteiger partial charge in [0.1, 0.15) is 0 Å². The van der Waals surface area contributed by atoms with Gasteiger partial charge in [0.2, 0.25) is 0 Å². The van der Waals surface area contributed by atoms with E-state index in [0.717, 1.165) is 17.2 Å². The topological polar surface area (TPSA) is 40.5 Å². The molecule has 3 nitrogen and oxygen atoms in total. The summed E-state index contributed by atoms with van der Waals surface area (Å²) in [6, 6.07) is 0. The van der Waals surface area contributed by atoms with Crippen molar-refractivity contribution >= 4 is 5.91 Å². The lowest BCUT2D eigenvalue weighted by Crippen LogP contribution is -2.21. The van der Waals surface area contributed by atoms with Gasteiger partial charge in [0, 0.05) is 11.8 Å². The second-order valence-electron chi connectivity index (χ2n) is 3.30. The fourth-order valence-electron chi connectivity index (χ4n) is 1.82. The zero-order valence-corrected chi connectivity index (χ0v) is 6.90. The number of nitrogens with zero attached hydrogens (tertiary/aromatic N) is 1. The van der Waals surface area contributed by atoms with Crippen molar-refractivity contribution in [2.24, 2.45) is 11.8 Å². The van der Waals surface area contributed by atoms with Crippen molar-refractivity contribution in [3.8, 4) is 0 Å². The molecule has 0 aromatic rings. The molecule has 2 atom stereocenters. The maximum atomic E-state index is 11.3. The molecule has 2 rings (SSSR count). The van der Waals surface area contributed by atoms with Crippen LogP contribution in [0.3, 0.4) is 0 Å². The molecular weight excluding hydrogens is 154 g/mol. The molecule has 0 bridgehead atoms. The number of hydrogen-bond acceptors (Lipinski definition) is 2. The molecule has 2 aliphatic rings. The van der Waals surface area contributed by atoms with Crippen LogP contribution in [-0.4, -0.2) is 16.2 Å². The summed E-state index contributed by atoms with van der Waals surface area (Å²) < 4.78 is 0. The first-order valence-corrected chi connectivity index (χ1v) is 4.11. The lowest BCUT2D eigenvalue weighted by molar-refractivity contribution is -0.154. The van der Waals surface area contributed by atoms with Crippen LogP contribution in [0.2, 0.25) is 0 Å². The maximum Gasteiger partial charge on any atom is 0.253 e. The monoisotopic (exact) mass is 165 g/mol. The van der Waals surface area contributed by atoms with Gasteiger partial charge in [0.15, 0.2) is 0 Å². The van der Waals surface area contributed by atoms with Crippen molar-refractivity contribution in [3.63, 3.8) is 0 Å². The first-order valence-electron chi connectivity index (χ1n) is 4.11. The molecule has 0 radical (unpaired) electrons. The summed E-state index contributed by atoms with van der Waals surface area (Å²) in [6.45, 7) is 1.86. The molecule has 1 N–H and O–H groups in total. The third-order valence-electron chi connectivity index (χ3n) is 2.62. The second-order valence-corrected chi connectivity index (χ2v) is 3.30. The summed E-state index contributed by atoms with van der Waals surface area (Å²) in [5, 5.41) is 10.1. The minimum Gasteiger partial charge on any atom is -0.281 e. The standard InChI is InChI=1S/C9H11NO2/c1-6-7-4-2-3-5-8(7)10(12)9(6)11/h2-3,5-7,12H,4H2,1H3. The van der Waals surface area contributed by atoms with Crippen LogP contribution in [0.15, 0.2) is 23.9 Å². The van der Waals surface area contributed by atoms with Crippen LogP contribution in [0.25, 0.3) is 0 Å². The Labute approximate surface area is 70.9 Å². The first kappa shape index (κ1) is 7.55. The molecule has 0 aromatic heterocycles. The zero-order valence-electron chi connectivity index (χ0n) is 6.90. The Balaban J connectivity index is 2.37. The number of fused-ring (bicyclic) bond motifs is 1. The Kier molecular flexibility index (Phi) is 1.54. The Bertz CT molecular complexity index is 280. The predicted molar refractivity (Wildman–Crippen MR) is 43.1 cm³/mol. The van der Waals surface area contributed by atoms with Gasteiger partial charge in [0.25, 0.3) is 5.91 Å². The van der Waals surface area contributed by atoms with E-state index in [0.29, 0.717) is 0 Å². The molecule has 1 fully saturated rings. The molecule has 2 unspecified atom stereocenters. The van der Waals surface area contributed by atoms with Crippen LogP contribution < -0.4 is 0 Å². The number of carbonyl (C=O) groups excluding carboxylic acids is 1. The lowest BCUT2D eigenvalue weighted by atomic mass is 9.89. The van der Waals surface area contributed by atoms with Crippen molar-refractivity contribution < 1.29 is 10.0 Å². The molecule has 1 aliphatic carbocycles. The normalized spacial score (nSPS) is 33.7. The van der Waals surface area contributed by atoms with Crippen molar-refractivity contribution in [2.75, 3.05) is 0 Å². The van der Waals surface area contributed by atoms with Crippen LogP contribution in [0.1, 0.15) is 13.3 Å². The summed E-state index contributed by atoms with van der Waals surface area (Å²) in [5.41, 5.74) is 0.745. The summed E-state index contributed by atoms with van der Waals surface area (Å²) >= 11 is 0. The van der Waals surface area contributed by atoms with Crippen molar-refractivity contribution in [2.45, 2.75) is 13.3 Å². The van der Waals surface area contributed by atoms with Crippen molar-refractivity contribution in [1.29, 1.82) is 0 Å². The molecule has 0 spiro atoms. The molecule has 12 heavy (non-hydrogen) atoms. The largest absolute Gasteiger partial charge is 0.281 e. The lowest BCUT2D eigenvalue weighted by Gasteiger charge is -2.15. The van der Waals surface area contributed by atoms with E-state index in [-0.39, 0.29) is 17.7 Å². The highest BCUT2D eigenvalue weighted by Gasteiger charge is 2.40. The predicted octanol–water partition coefficient (Wildman–Crippen LogP) is 1.31. The van der Waals surface area contributed by atoms with E-state index in [1.54, 1.807) is 6.08 Å². The Morgan fingerprint density at radius 3 is 3.08 bits per heavy atom. The van der Waals surface area contributed by atoms with E-state index >= 15 is 0 Å². The van der Waals surface area contributed by atoms with Gasteiger partial charge >= 0.3 is 0 Å². The number of amides is 1. The zero-order chi connectivity index (χ0) is 8.72. The molecule has 1 heterocycles.